The minimum Gasteiger partial charge on any atom is -0.507 e. The molecule has 1 saturated carbocycles. The molecule has 3 rings (SSSR count). The van der Waals surface area contributed by atoms with Gasteiger partial charge in [0.15, 0.2) is 0 Å². The molecule has 0 amide bonds. The van der Waals surface area contributed by atoms with Gasteiger partial charge in [-0.25, -0.2) is 4.79 Å². The monoisotopic (exact) mass is 388 g/mol. The number of benzene rings is 2. The Hall–Kier alpha value is -2.80. The Kier molecular flexibility index (Phi) is 5.51. The maximum Gasteiger partial charge on any atom is 0.339 e. The molecule has 2 atom stereocenters. The van der Waals surface area contributed by atoms with Crippen molar-refractivity contribution in [1.82, 2.24) is 0 Å². The van der Waals surface area contributed by atoms with Crippen molar-refractivity contribution in [2.75, 3.05) is 0 Å². The maximum atomic E-state index is 12.0. The van der Waals surface area contributed by atoms with Gasteiger partial charge in [-0.05, 0) is 49.9 Å². The summed E-state index contributed by atoms with van der Waals surface area (Å²) < 4.78 is 29.8. The van der Waals surface area contributed by atoms with E-state index in [0.717, 1.165) is 17.5 Å². The minimum atomic E-state index is -2.43. The predicted molar refractivity (Wildman–Crippen MR) is 101 cm³/mol. The number of aryl methyl sites for hydroxylation is 1. The number of carbonyl (C=O) groups is 1. The van der Waals surface area contributed by atoms with Gasteiger partial charge < -0.3 is 14.9 Å². The Morgan fingerprint density at radius 2 is 1.81 bits per heavy atom. The molecule has 7 heteroatoms. The summed E-state index contributed by atoms with van der Waals surface area (Å²) in [4.78, 5) is 11.5. The smallest absolute Gasteiger partial charge is 0.339 e. The fourth-order valence-corrected chi connectivity index (χ4v) is 4.28. The number of aromatic hydroxyl groups is 1. The molecule has 2 aromatic carbocycles. The van der Waals surface area contributed by atoms with E-state index < -0.39 is 22.4 Å². The lowest BCUT2D eigenvalue weighted by Gasteiger charge is -2.30. The van der Waals surface area contributed by atoms with Crippen LogP contribution < -0.4 is 4.74 Å². The van der Waals surface area contributed by atoms with Crippen molar-refractivity contribution in [2.24, 2.45) is 0 Å². The number of carboxylic acid groups (broad SMARTS) is 1. The number of carboxylic acids is 1. The fraction of sp³-hybridized carbons (Fsp3) is 0.300. The lowest BCUT2D eigenvalue weighted by atomic mass is 9.82. The lowest BCUT2D eigenvalue weighted by Crippen LogP contribution is -2.36. The van der Waals surface area contributed by atoms with Crippen LogP contribution in [0.5, 0.6) is 11.5 Å². The van der Waals surface area contributed by atoms with Gasteiger partial charge in [0, 0.05) is 5.92 Å². The predicted octanol–water partition coefficient (Wildman–Crippen LogP) is 3.17. The summed E-state index contributed by atoms with van der Waals surface area (Å²) in [6.45, 7) is 1.97. The number of phenols is 1. The Balaban J connectivity index is 1.93. The summed E-state index contributed by atoms with van der Waals surface area (Å²) in [7, 11) is -2.43. The van der Waals surface area contributed by atoms with Gasteiger partial charge in [-0.2, -0.15) is 8.42 Å². The van der Waals surface area contributed by atoms with Gasteiger partial charge in [0.2, 0.25) is 10.3 Å². The molecule has 2 unspecified atom stereocenters. The van der Waals surface area contributed by atoms with Crippen LogP contribution in [0.1, 0.15) is 46.7 Å². The SMILES string of the molecule is Cc1ccc(C2CCCC(Oc3ccc(O)c(C(=O)O)c3)C2=S(=O)=O)cc1. The summed E-state index contributed by atoms with van der Waals surface area (Å²) in [6.07, 6.45) is 1.35. The molecule has 6 nitrogen and oxygen atoms in total. The summed E-state index contributed by atoms with van der Waals surface area (Å²) in [5.41, 5.74) is 1.73. The largest absolute Gasteiger partial charge is 0.507 e. The minimum absolute atomic E-state index is 0.211. The van der Waals surface area contributed by atoms with Crippen LogP contribution in [0.4, 0.5) is 0 Å². The molecule has 0 spiro atoms. The second kappa shape index (κ2) is 7.84. The van der Waals surface area contributed by atoms with Gasteiger partial charge in [0.05, 0.1) is 4.86 Å². The third-order valence-corrected chi connectivity index (χ3v) is 5.70. The molecule has 0 aliphatic heterocycles. The van der Waals surface area contributed by atoms with Crippen LogP contribution in [0, 0.1) is 6.92 Å². The van der Waals surface area contributed by atoms with E-state index in [-0.39, 0.29) is 27.8 Å². The Morgan fingerprint density at radius 1 is 1.11 bits per heavy atom. The number of hydrogen-bond donors (Lipinski definition) is 2. The molecule has 0 heterocycles. The van der Waals surface area contributed by atoms with E-state index >= 15 is 0 Å². The summed E-state index contributed by atoms with van der Waals surface area (Å²) in [5, 5.41) is 18.8. The second-order valence-electron chi connectivity index (χ2n) is 6.62. The zero-order chi connectivity index (χ0) is 19.6. The van der Waals surface area contributed by atoms with Gasteiger partial charge in [-0.1, -0.05) is 29.8 Å². The first-order valence-corrected chi connectivity index (χ1v) is 9.70. The highest BCUT2D eigenvalue weighted by Gasteiger charge is 2.33. The van der Waals surface area contributed by atoms with Gasteiger partial charge in [0.1, 0.15) is 23.2 Å². The molecular formula is C20H20O6S. The van der Waals surface area contributed by atoms with Crippen LogP contribution >= 0.6 is 0 Å². The molecule has 1 fully saturated rings. The quantitative estimate of drug-likeness (QED) is 0.780. The molecule has 27 heavy (non-hydrogen) atoms. The van der Waals surface area contributed by atoms with Crippen molar-refractivity contribution in [3.8, 4) is 11.5 Å². The van der Waals surface area contributed by atoms with E-state index in [2.05, 4.69) is 0 Å². The first-order valence-electron chi connectivity index (χ1n) is 8.62. The lowest BCUT2D eigenvalue weighted by molar-refractivity contribution is 0.0693. The van der Waals surface area contributed by atoms with Crippen molar-refractivity contribution < 1.29 is 28.2 Å². The van der Waals surface area contributed by atoms with Crippen molar-refractivity contribution >= 4 is 21.1 Å². The van der Waals surface area contributed by atoms with Gasteiger partial charge in [-0.3, -0.25) is 0 Å². The van der Waals surface area contributed by atoms with Gasteiger partial charge in [-0.15, -0.1) is 0 Å². The van der Waals surface area contributed by atoms with Crippen LogP contribution in [-0.2, 0) is 10.3 Å². The van der Waals surface area contributed by atoms with E-state index in [9.17, 15) is 18.3 Å². The van der Waals surface area contributed by atoms with E-state index in [4.69, 9.17) is 9.84 Å². The fourth-order valence-electron chi connectivity index (χ4n) is 3.41. The first-order chi connectivity index (χ1) is 12.9. The Morgan fingerprint density at radius 3 is 2.44 bits per heavy atom. The van der Waals surface area contributed by atoms with Crippen LogP contribution in [0.15, 0.2) is 42.5 Å². The number of rotatable bonds is 4. The molecule has 0 bridgehead atoms. The number of hydrogen-bond acceptors (Lipinski definition) is 5. The van der Waals surface area contributed by atoms with Crippen LogP contribution in [0.3, 0.4) is 0 Å². The van der Waals surface area contributed by atoms with Gasteiger partial charge in [0.25, 0.3) is 0 Å². The van der Waals surface area contributed by atoms with Crippen molar-refractivity contribution in [1.29, 1.82) is 0 Å². The molecule has 2 aromatic rings. The van der Waals surface area contributed by atoms with E-state index in [1.165, 1.54) is 18.2 Å². The average Bonchev–Trinajstić information content (AvgIpc) is 2.63. The molecule has 1 aliphatic carbocycles. The van der Waals surface area contributed by atoms with Gasteiger partial charge >= 0.3 is 5.97 Å². The zero-order valence-electron chi connectivity index (χ0n) is 14.8. The highest BCUT2D eigenvalue weighted by Crippen LogP contribution is 2.33. The number of aromatic carboxylic acids is 1. The van der Waals surface area contributed by atoms with E-state index in [0.29, 0.717) is 12.8 Å². The van der Waals surface area contributed by atoms with E-state index in [1.54, 1.807) is 0 Å². The average molecular weight is 388 g/mol. The van der Waals surface area contributed by atoms with Crippen molar-refractivity contribution in [3.05, 3.63) is 59.2 Å². The summed E-state index contributed by atoms with van der Waals surface area (Å²) >= 11 is 0. The molecular weight excluding hydrogens is 368 g/mol. The highest BCUT2D eigenvalue weighted by molar-refractivity contribution is 7.73. The van der Waals surface area contributed by atoms with Crippen LogP contribution in [0.25, 0.3) is 0 Å². The maximum absolute atomic E-state index is 12.0. The van der Waals surface area contributed by atoms with Crippen LogP contribution in [0.2, 0.25) is 0 Å². The number of ether oxygens (including phenoxy) is 1. The summed E-state index contributed by atoms with van der Waals surface area (Å²) in [5.74, 6) is -1.70. The topological polar surface area (TPSA) is 101 Å². The standard InChI is InChI=1S/C20H20O6S/c1-12-5-7-13(8-6-12)15-3-2-4-18(19(15)27(24)25)26-14-9-10-17(21)16(11-14)20(22)23/h5-11,15,18,21H,2-4H2,1H3,(H,22,23). The molecule has 1 aliphatic rings. The third kappa shape index (κ3) is 4.14. The molecule has 2 N–H and O–H groups in total. The Bertz CT molecular complexity index is 984. The van der Waals surface area contributed by atoms with Crippen molar-refractivity contribution in [2.45, 2.75) is 38.2 Å². The molecule has 0 aromatic heterocycles. The first kappa shape index (κ1) is 19.0. The van der Waals surface area contributed by atoms with Crippen LogP contribution in [-0.4, -0.2) is 35.6 Å². The third-order valence-electron chi connectivity index (χ3n) is 4.77. The molecule has 0 radical (unpaired) electrons. The van der Waals surface area contributed by atoms with E-state index in [1.807, 2.05) is 31.2 Å². The highest BCUT2D eigenvalue weighted by atomic mass is 32.2. The Labute approximate surface area is 158 Å². The molecule has 142 valence electrons. The zero-order valence-corrected chi connectivity index (χ0v) is 15.6. The van der Waals surface area contributed by atoms with Crippen molar-refractivity contribution in [3.63, 3.8) is 0 Å². The summed E-state index contributed by atoms with van der Waals surface area (Å²) in [6, 6.07) is 11.6. The second-order valence-corrected chi connectivity index (χ2v) is 7.56. The normalized spacial score (nSPS) is 19.5. The molecule has 0 saturated heterocycles.